The molecule has 406 valence electrons. The van der Waals surface area contributed by atoms with Gasteiger partial charge in [0, 0.05) is 19.3 Å². The highest BCUT2D eigenvalue weighted by Crippen LogP contribution is 2.16. The van der Waals surface area contributed by atoms with E-state index in [1.165, 1.54) is 167 Å². The fraction of sp³-hybridized carbons (Fsp3) is 0.797. The first-order valence-corrected chi connectivity index (χ1v) is 30.3. The second-order valence-electron chi connectivity index (χ2n) is 20.2. The lowest BCUT2D eigenvalue weighted by molar-refractivity contribution is -0.167. The molecule has 0 saturated carbocycles. The van der Waals surface area contributed by atoms with Crippen molar-refractivity contribution < 1.29 is 28.6 Å². The van der Waals surface area contributed by atoms with Crippen molar-refractivity contribution in [1.82, 2.24) is 0 Å². The SMILES string of the molecule is CC/C=C\C/C=C\C/C=C\C/C=C\CCCCCCCCC(=O)OCC(COC(=O)CCCCCCCCCCCCCCCCC)OC(=O)CCCCCCC/C=C\CCCCCCCCCCC. The van der Waals surface area contributed by atoms with Gasteiger partial charge in [-0.15, -0.1) is 0 Å². The number of carbonyl (C=O) groups excluding carboxylic acids is 3. The van der Waals surface area contributed by atoms with Crippen LogP contribution in [0.3, 0.4) is 0 Å². The van der Waals surface area contributed by atoms with Gasteiger partial charge in [-0.25, -0.2) is 0 Å². The van der Waals surface area contributed by atoms with Gasteiger partial charge in [-0.1, -0.05) is 268 Å². The fourth-order valence-corrected chi connectivity index (χ4v) is 8.72. The van der Waals surface area contributed by atoms with Crippen molar-refractivity contribution in [1.29, 1.82) is 0 Å². The Balaban J connectivity index is 4.39. The van der Waals surface area contributed by atoms with Crippen LogP contribution in [0.1, 0.15) is 310 Å². The minimum Gasteiger partial charge on any atom is -0.462 e. The van der Waals surface area contributed by atoms with Crippen molar-refractivity contribution in [2.75, 3.05) is 13.2 Å². The molecule has 0 aromatic rings. The molecule has 0 spiro atoms. The summed E-state index contributed by atoms with van der Waals surface area (Å²) in [4.78, 5) is 38.2. The molecule has 0 bridgehead atoms. The van der Waals surface area contributed by atoms with E-state index in [2.05, 4.69) is 81.5 Å². The number of hydrogen-bond donors (Lipinski definition) is 0. The van der Waals surface area contributed by atoms with E-state index in [1.54, 1.807) is 0 Å². The van der Waals surface area contributed by atoms with Gasteiger partial charge in [-0.05, 0) is 83.5 Å². The number of allylic oxidation sites excluding steroid dienone is 10. The summed E-state index contributed by atoms with van der Waals surface area (Å²) >= 11 is 0. The highest BCUT2D eigenvalue weighted by Gasteiger charge is 2.19. The molecule has 0 saturated heterocycles. The molecule has 0 radical (unpaired) electrons. The minimum absolute atomic E-state index is 0.0792. The standard InChI is InChI=1S/C64H114O6/c1-4-7-10-13-16-19-22-25-28-30-32-34-36-39-42-45-48-51-54-57-63(66)69-60-61(59-68-62(65)56-53-50-47-44-41-38-35-27-24-21-18-15-12-9-6-3)70-64(67)58-55-52-49-46-43-40-37-33-31-29-26-23-20-17-14-11-8-5-2/h7,10,16,19,25,28,32-34,37,61H,4-6,8-9,11-15,17-18,20-24,26-27,29-31,35-36,38-60H2,1-3H3/b10-7-,19-16-,28-25-,34-32-,37-33-. The molecule has 0 rings (SSSR count). The first kappa shape index (κ1) is 67.1. The predicted molar refractivity (Wildman–Crippen MR) is 302 cm³/mol. The number of rotatable bonds is 55. The van der Waals surface area contributed by atoms with Crippen LogP contribution in [0.5, 0.6) is 0 Å². The maximum Gasteiger partial charge on any atom is 0.306 e. The summed E-state index contributed by atoms with van der Waals surface area (Å²) in [6.45, 7) is 6.55. The summed E-state index contributed by atoms with van der Waals surface area (Å²) in [5, 5.41) is 0. The van der Waals surface area contributed by atoms with Gasteiger partial charge in [0.1, 0.15) is 13.2 Å². The van der Waals surface area contributed by atoms with Gasteiger partial charge in [0.2, 0.25) is 0 Å². The number of hydrogen-bond acceptors (Lipinski definition) is 6. The van der Waals surface area contributed by atoms with Crippen LogP contribution in [-0.4, -0.2) is 37.2 Å². The quantitative estimate of drug-likeness (QED) is 0.0261. The van der Waals surface area contributed by atoms with Crippen molar-refractivity contribution in [2.45, 2.75) is 316 Å². The van der Waals surface area contributed by atoms with Crippen LogP contribution in [0.4, 0.5) is 0 Å². The van der Waals surface area contributed by atoms with Crippen LogP contribution < -0.4 is 0 Å². The zero-order valence-corrected chi connectivity index (χ0v) is 46.5. The zero-order valence-electron chi connectivity index (χ0n) is 46.5. The van der Waals surface area contributed by atoms with Crippen LogP contribution in [0.25, 0.3) is 0 Å². The molecule has 70 heavy (non-hydrogen) atoms. The van der Waals surface area contributed by atoms with E-state index in [1.807, 2.05) is 0 Å². The molecule has 1 unspecified atom stereocenters. The number of carbonyl (C=O) groups is 3. The van der Waals surface area contributed by atoms with Gasteiger partial charge in [0.15, 0.2) is 6.10 Å². The Morgan fingerprint density at radius 1 is 0.300 bits per heavy atom. The van der Waals surface area contributed by atoms with Crippen molar-refractivity contribution in [3.8, 4) is 0 Å². The average Bonchev–Trinajstić information content (AvgIpc) is 3.36. The number of ether oxygens (including phenoxy) is 3. The predicted octanol–water partition coefficient (Wildman–Crippen LogP) is 20.4. The lowest BCUT2D eigenvalue weighted by Gasteiger charge is -2.18. The smallest absolute Gasteiger partial charge is 0.306 e. The molecule has 0 aliphatic carbocycles. The lowest BCUT2D eigenvalue weighted by atomic mass is 10.0. The van der Waals surface area contributed by atoms with Crippen molar-refractivity contribution in [2.24, 2.45) is 0 Å². The maximum atomic E-state index is 12.9. The van der Waals surface area contributed by atoms with Gasteiger partial charge < -0.3 is 14.2 Å². The lowest BCUT2D eigenvalue weighted by Crippen LogP contribution is -2.30. The van der Waals surface area contributed by atoms with Gasteiger partial charge >= 0.3 is 17.9 Å². The molecule has 0 aliphatic heterocycles. The highest BCUT2D eigenvalue weighted by atomic mass is 16.6. The minimum atomic E-state index is -0.783. The monoisotopic (exact) mass is 979 g/mol. The first-order chi connectivity index (χ1) is 34.5. The third kappa shape index (κ3) is 56.0. The van der Waals surface area contributed by atoms with Crippen LogP contribution in [0.15, 0.2) is 60.8 Å². The third-order valence-corrected chi connectivity index (χ3v) is 13.3. The molecule has 0 aromatic heterocycles. The summed E-state index contributed by atoms with van der Waals surface area (Å²) in [5.74, 6) is -0.886. The van der Waals surface area contributed by atoms with Crippen LogP contribution in [0, 0.1) is 0 Å². The van der Waals surface area contributed by atoms with E-state index in [-0.39, 0.29) is 31.1 Å². The van der Waals surface area contributed by atoms with Crippen LogP contribution in [-0.2, 0) is 28.6 Å². The fourth-order valence-electron chi connectivity index (χ4n) is 8.72. The van der Waals surface area contributed by atoms with E-state index >= 15 is 0 Å². The molecule has 0 aliphatic rings. The van der Waals surface area contributed by atoms with E-state index in [4.69, 9.17) is 14.2 Å². The van der Waals surface area contributed by atoms with E-state index in [9.17, 15) is 14.4 Å². The molecule has 6 nitrogen and oxygen atoms in total. The van der Waals surface area contributed by atoms with Crippen molar-refractivity contribution in [3.63, 3.8) is 0 Å². The molecule has 0 fully saturated rings. The normalized spacial score (nSPS) is 12.4. The van der Waals surface area contributed by atoms with Crippen molar-refractivity contribution in [3.05, 3.63) is 60.8 Å². The molecule has 0 amide bonds. The van der Waals surface area contributed by atoms with Gasteiger partial charge in [0.05, 0.1) is 0 Å². The Labute approximate surface area is 434 Å². The Hall–Kier alpha value is -2.89. The molecule has 0 aromatic carbocycles. The van der Waals surface area contributed by atoms with Gasteiger partial charge in [-0.2, -0.15) is 0 Å². The molecule has 0 N–H and O–H groups in total. The Kier molecular flexibility index (Phi) is 56.3. The number of esters is 3. The van der Waals surface area contributed by atoms with E-state index in [0.29, 0.717) is 19.3 Å². The summed E-state index contributed by atoms with van der Waals surface area (Å²) < 4.78 is 16.9. The Bertz CT molecular complexity index is 1260. The second kappa shape index (κ2) is 58.7. The topological polar surface area (TPSA) is 78.9 Å². The highest BCUT2D eigenvalue weighted by molar-refractivity contribution is 5.71. The van der Waals surface area contributed by atoms with Gasteiger partial charge in [0.25, 0.3) is 0 Å². The van der Waals surface area contributed by atoms with Crippen molar-refractivity contribution >= 4 is 17.9 Å². The van der Waals surface area contributed by atoms with Crippen LogP contribution >= 0.6 is 0 Å². The van der Waals surface area contributed by atoms with E-state index in [0.717, 1.165) is 103 Å². The summed E-state index contributed by atoms with van der Waals surface area (Å²) in [6, 6.07) is 0. The third-order valence-electron chi connectivity index (χ3n) is 13.3. The Morgan fingerprint density at radius 2 is 0.557 bits per heavy atom. The first-order valence-electron chi connectivity index (χ1n) is 30.3. The molecule has 0 heterocycles. The molecule has 6 heteroatoms. The Morgan fingerprint density at radius 3 is 0.886 bits per heavy atom. The zero-order chi connectivity index (χ0) is 50.7. The number of unbranched alkanes of at least 4 members (excludes halogenated alkanes) is 34. The second-order valence-corrected chi connectivity index (χ2v) is 20.2. The molecule has 1 atom stereocenters. The molecular weight excluding hydrogens is 865 g/mol. The maximum absolute atomic E-state index is 12.9. The summed E-state index contributed by atoms with van der Waals surface area (Å²) in [6.07, 6.45) is 73.5. The summed E-state index contributed by atoms with van der Waals surface area (Å²) in [5.41, 5.74) is 0. The average molecular weight is 980 g/mol. The van der Waals surface area contributed by atoms with Gasteiger partial charge in [-0.3, -0.25) is 14.4 Å². The van der Waals surface area contributed by atoms with E-state index < -0.39 is 6.10 Å². The largest absolute Gasteiger partial charge is 0.462 e. The molecular formula is C64H114O6. The summed E-state index contributed by atoms with van der Waals surface area (Å²) in [7, 11) is 0. The van der Waals surface area contributed by atoms with Crippen LogP contribution in [0.2, 0.25) is 0 Å².